The molecular weight excluding hydrogens is 324 g/mol. The molecule has 1 N–H and O–H groups in total. The minimum Gasteiger partial charge on any atom is -0.465 e. The van der Waals surface area contributed by atoms with Crippen LogP contribution in [0.5, 0.6) is 0 Å². The second kappa shape index (κ2) is 7.69. The zero-order valence-electron chi connectivity index (χ0n) is 13.4. The van der Waals surface area contributed by atoms with Gasteiger partial charge >= 0.3 is 6.09 Å². The Bertz CT molecular complexity index is 685. The van der Waals surface area contributed by atoms with Crippen molar-refractivity contribution in [3.05, 3.63) is 70.7 Å². The topological polar surface area (TPSA) is 43.8 Å². The van der Waals surface area contributed by atoms with Gasteiger partial charge in [-0.05, 0) is 23.6 Å². The maximum Gasteiger partial charge on any atom is 0.407 e. The third-order valence-corrected chi connectivity index (χ3v) is 4.95. The van der Waals surface area contributed by atoms with Gasteiger partial charge in [0.2, 0.25) is 0 Å². The number of benzene rings is 2. The molecule has 4 nitrogen and oxygen atoms in total. The minimum absolute atomic E-state index is 0.196. The van der Waals surface area contributed by atoms with Crippen molar-refractivity contribution in [2.45, 2.75) is 12.5 Å². The highest BCUT2D eigenvalue weighted by atomic mass is 35.5. The van der Waals surface area contributed by atoms with Crippen LogP contribution >= 0.6 is 11.6 Å². The summed E-state index contributed by atoms with van der Waals surface area (Å²) in [7, 11) is 0. The van der Waals surface area contributed by atoms with E-state index >= 15 is 0 Å². The van der Waals surface area contributed by atoms with Crippen LogP contribution in [0.1, 0.15) is 17.2 Å². The van der Waals surface area contributed by atoms with E-state index in [1.165, 1.54) is 10.5 Å². The molecule has 126 valence electrons. The van der Waals surface area contributed by atoms with E-state index in [0.29, 0.717) is 13.1 Å². The first-order chi connectivity index (χ1) is 11.6. The summed E-state index contributed by atoms with van der Waals surface area (Å²) in [6.07, 6.45) is -0.0199. The van der Waals surface area contributed by atoms with Crippen molar-refractivity contribution in [2.24, 2.45) is 0 Å². The fourth-order valence-corrected chi connectivity index (χ4v) is 3.44. The van der Waals surface area contributed by atoms with E-state index in [2.05, 4.69) is 23.1 Å². The standard InChI is InChI=1S/C19H21ClN2O2/c20-17-9-5-4-8-16(17)14-18(15-6-2-1-3-7-15)21-10-12-22(13-11-21)19(23)24/h1-9,18H,10-14H2,(H,23,24). The molecule has 0 aliphatic carbocycles. The maximum atomic E-state index is 11.1. The molecule has 0 bridgehead atoms. The van der Waals surface area contributed by atoms with E-state index in [9.17, 15) is 4.79 Å². The smallest absolute Gasteiger partial charge is 0.407 e. The summed E-state index contributed by atoms with van der Waals surface area (Å²) in [5.41, 5.74) is 2.36. The van der Waals surface area contributed by atoms with Gasteiger partial charge in [0.1, 0.15) is 0 Å². The predicted molar refractivity (Wildman–Crippen MR) is 95.5 cm³/mol. The second-order valence-electron chi connectivity index (χ2n) is 6.03. The molecule has 2 aromatic rings. The third-order valence-electron chi connectivity index (χ3n) is 4.58. The van der Waals surface area contributed by atoms with E-state index in [-0.39, 0.29) is 6.04 Å². The van der Waals surface area contributed by atoms with Crippen molar-refractivity contribution in [3.8, 4) is 0 Å². The molecule has 1 atom stereocenters. The zero-order valence-corrected chi connectivity index (χ0v) is 14.2. The van der Waals surface area contributed by atoms with Crippen LogP contribution in [-0.4, -0.2) is 47.2 Å². The van der Waals surface area contributed by atoms with Gasteiger partial charge in [0.15, 0.2) is 0 Å². The Hall–Kier alpha value is -2.04. The molecule has 1 unspecified atom stereocenters. The van der Waals surface area contributed by atoms with Gasteiger partial charge in [0.05, 0.1) is 0 Å². The number of rotatable bonds is 4. The number of halogens is 1. The van der Waals surface area contributed by atoms with Gasteiger partial charge in [-0.15, -0.1) is 0 Å². The lowest BCUT2D eigenvalue weighted by Crippen LogP contribution is -2.49. The zero-order chi connectivity index (χ0) is 16.9. The van der Waals surface area contributed by atoms with Gasteiger partial charge in [-0.3, -0.25) is 4.90 Å². The van der Waals surface area contributed by atoms with E-state index in [1.807, 2.05) is 36.4 Å². The number of carboxylic acid groups (broad SMARTS) is 1. The summed E-state index contributed by atoms with van der Waals surface area (Å²) in [5, 5.41) is 9.92. The van der Waals surface area contributed by atoms with Crippen LogP contribution in [0.15, 0.2) is 54.6 Å². The van der Waals surface area contributed by atoms with Crippen LogP contribution in [0.2, 0.25) is 5.02 Å². The summed E-state index contributed by atoms with van der Waals surface area (Å²) in [6.45, 7) is 2.55. The Labute approximate surface area is 147 Å². The van der Waals surface area contributed by atoms with Crippen molar-refractivity contribution in [1.29, 1.82) is 0 Å². The number of nitrogens with zero attached hydrogens (tertiary/aromatic N) is 2. The van der Waals surface area contributed by atoms with Crippen LogP contribution in [0.4, 0.5) is 4.79 Å². The Morgan fingerprint density at radius 1 is 1.00 bits per heavy atom. The Morgan fingerprint density at radius 2 is 1.62 bits per heavy atom. The monoisotopic (exact) mass is 344 g/mol. The summed E-state index contributed by atoms with van der Waals surface area (Å²) in [6, 6.07) is 18.5. The third kappa shape index (κ3) is 3.89. The van der Waals surface area contributed by atoms with Crippen LogP contribution in [0.25, 0.3) is 0 Å². The summed E-state index contributed by atoms with van der Waals surface area (Å²) in [5.74, 6) is 0. The van der Waals surface area contributed by atoms with Crippen LogP contribution in [-0.2, 0) is 6.42 Å². The van der Waals surface area contributed by atoms with Crippen molar-refractivity contribution >= 4 is 17.7 Å². The Balaban J connectivity index is 1.81. The lowest BCUT2D eigenvalue weighted by molar-refractivity contribution is 0.0845. The van der Waals surface area contributed by atoms with Crippen molar-refractivity contribution < 1.29 is 9.90 Å². The molecule has 24 heavy (non-hydrogen) atoms. The quantitative estimate of drug-likeness (QED) is 0.914. The number of carbonyl (C=O) groups is 1. The van der Waals surface area contributed by atoms with Gasteiger partial charge in [-0.1, -0.05) is 60.1 Å². The molecule has 1 heterocycles. The first-order valence-electron chi connectivity index (χ1n) is 8.15. The summed E-state index contributed by atoms with van der Waals surface area (Å²) < 4.78 is 0. The van der Waals surface area contributed by atoms with Gasteiger partial charge in [0, 0.05) is 37.2 Å². The van der Waals surface area contributed by atoms with E-state index < -0.39 is 6.09 Å². The number of hydrogen-bond acceptors (Lipinski definition) is 2. The molecule has 1 aliphatic rings. The Kier molecular flexibility index (Phi) is 5.38. The number of amides is 1. The molecule has 0 saturated carbocycles. The fourth-order valence-electron chi connectivity index (χ4n) is 3.23. The van der Waals surface area contributed by atoms with Crippen molar-refractivity contribution in [1.82, 2.24) is 9.80 Å². The first-order valence-corrected chi connectivity index (χ1v) is 8.53. The van der Waals surface area contributed by atoms with Crippen molar-refractivity contribution in [3.63, 3.8) is 0 Å². The number of piperazine rings is 1. The van der Waals surface area contributed by atoms with Gasteiger partial charge in [-0.2, -0.15) is 0 Å². The van der Waals surface area contributed by atoms with Crippen LogP contribution < -0.4 is 0 Å². The fraction of sp³-hybridized carbons (Fsp3) is 0.316. The van der Waals surface area contributed by atoms with E-state index in [0.717, 1.165) is 30.1 Å². The average Bonchev–Trinajstić information content (AvgIpc) is 2.62. The highest BCUT2D eigenvalue weighted by Crippen LogP contribution is 2.29. The van der Waals surface area contributed by atoms with Crippen LogP contribution in [0, 0.1) is 0 Å². The SMILES string of the molecule is O=C(O)N1CCN(C(Cc2ccccc2Cl)c2ccccc2)CC1. The normalized spacial score (nSPS) is 16.8. The van der Waals surface area contributed by atoms with Gasteiger partial charge in [0.25, 0.3) is 0 Å². The summed E-state index contributed by atoms with van der Waals surface area (Å²) >= 11 is 6.35. The first kappa shape index (κ1) is 16.8. The van der Waals surface area contributed by atoms with E-state index in [1.54, 1.807) is 0 Å². The molecule has 1 aliphatic heterocycles. The molecule has 0 aromatic heterocycles. The van der Waals surface area contributed by atoms with Crippen LogP contribution in [0.3, 0.4) is 0 Å². The molecule has 2 aromatic carbocycles. The molecular formula is C19H21ClN2O2. The molecule has 1 amide bonds. The molecule has 0 spiro atoms. The molecule has 3 rings (SSSR count). The lowest BCUT2D eigenvalue weighted by Gasteiger charge is -2.38. The van der Waals surface area contributed by atoms with Gasteiger partial charge in [-0.25, -0.2) is 4.79 Å². The van der Waals surface area contributed by atoms with Crippen molar-refractivity contribution in [2.75, 3.05) is 26.2 Å². The average molecular weight is 345 g/mol. The molecule has 1 fully saturated rings. The molecule has 5 heteroatoms. The predicted octanol–water partition coefficient (Wildman–Crippen LogP) is 3.92. The summed E-state index contributed by atoms with van der Waals surface area (Å²) in [4.78, 5) is 15.0. The lowest BCUT2D eigenvalue weighted by atomic mass is 9.96. The second-order valence-corrected chi connectivity index (χ2v) is 6.43. The molecule has 1 saturated heterocycles. The van der Waals surface area contributed by atoms with E-state index in [4.69, 9.17) is 16.7 Å². The largest absolute Gasteiger partial charge is 0.465 e. The minimum atomic E-state index is -0.836. The highest BCUT2D eigenvalue weighted by Gasteiger charge is 2.27. The highest BCUT2D eigenvalue weighted by molar-refractivity contribution is 6.31. The number of hydrogen-bond donors (Lipinski definition) is 1. The maximum absolute atomic E-state index is 11.1. The van der Waals surface area contributed by atoms with Gasteiger partial charge < -0.3 is 10.0 Å². The Morgan fingerprint density at radius 3 is 2.25 bits per heavy atom. The molecule has 0 radical (unpaired) electrons.